The molecule has 2 saturated heterocycles. The normalized spacial score (nSPS) is 33.2. The number of quaternary nitrogens is 1. The number of rotatable bonds is 6. The zero-order chi connectivity index (χ0) is 22.6. The molecule has 2 aromatic carbocycles. The molecule has 1 aromatic heterocycles. The van der Waals surface area contributed by atoms with Crippen molar-refractivity contribution in [3.05, 3.63) is 84.6 Å². The number of pyridine rings is 1. The fraction of sp³-hybridized carbons (Fsp3) is 0.414. The van der Waals surface area contributed by atoms with Gasteiger partial charge >= 0.3 is 0 Å². The lowest BCUT2D eigenvalue weighted by Gasteiger charge is -2.76. The van der Waals surface area contributed by atoms with Gasteiger partial charge in [-0.1, -0.05) is 36.4 Å². The highest BCUT2D eigenvalue weighted by Gasteiger charge is 2.75. The van der Waals surface area contributed by atoms with Gasteiger partial charge in [0.1, 0.15) is 30.0 Å². The molecule has 0 bridgehead atoms. The zero-order valence-electron chi connectivity index (χ0n) is 19.4. The van der Waals surface area contributed by atoms with E-state index in [-0.39, 0.29) is 6.04 Å². The molecule has 4 heteroatoms. The van der Waals surface area contributed by atoms with Crippen LogP contribution in [0.1, 0.15) is 42.9 Å². The summed E-state index contributed by atoms with van der Waals surface area (Å²) in [6.45, 7) is 6.28. The highest BCUT2D eigenvalue weighted by molar-refractivity contribution is 5.83. The first-order valence-electron chi connectivity index (χ1n) is 12.3. The Labute approximate surface area is 196 Å². The van der Waals surface area contributed by atoms with Gasteiger partial charge in [-0.15, -0.1) is 6.58 Å². The second-order valence-corrected chi connectivity index (χ2v) is 10.3. The van der Waals surface area contributed by atoms with Gasteiger partial charge in [0.15, 0.2) is 0 Å². The molecule has 6 rings (SSSR count). The van der Waals surface area contributed by atoms with Gasteiger partial charge in [0.2, 0.25) is 0 Å². The van der Waals surface area contributed by atoms with Crippen LogP contribution < -0.4 is 4.74 Å². The standard InChI is InChI=1S/C29H33N2O2/c1-3-21-18-29-14-16-31(29,19-20-7-5-4-6-8-20)27(12-10-25(21)29)28(32)23-13-15-30-26-11-9-22(33-2)17-24(23)26/h3-9,11,13,15,17,21,25,27-28,32H,1,10,12,14,16,18-19H2,2H3/q+1/t21?,25?,27?,28-,29?,31?/m1/s1. The third-order valence-corrected chi connectivity index (χ3v) is 9.31. The molecule has 0 amide bonds. The van der Waals surface area contributed by atoms with Crippen molar-refractivity contribution in [2.24, 2.45) is 11.8 Å². The van der Waals surface area contributed by atoms with E-state index in [1.54, 1.807) is 7.11 Å². The van der Waals surface area contributed by atoms with Crippen LogP contribution in [0.15, 0.2) is 73.4 Å². The minimum absolute atomic E-state index is 0.178. The molecule has 5 unspecified atom stereocenters. The van der Waals surface area contributed by atoms with Crippen molar-refractivity contribution in [1.29, 1.82) is 0 Å². The lowest BCUT2D eigenvalue weighted by Crippen LogP contribution is -2.86. The van der Waals surface area contributed by atoms with Gasteiger partial charge in [-0.25, -0.2) is 0 Å². The molecular weight excluding hydrogens is 408 g/mol. The van der Waals surface area contributed by atoms with Gasteiger partial charge in [-0.3, -0.25) is 4.98 Å². The van der Waals surface area contributed by atoms with Crippen LogP contribution in [-0.2, 0) is 6.54 Å². The van der Waals surface area contributed by atoms with E-state index in [9.17, 15) is 5.11 Å². The maximum Gasteiger partial charge on any atom is 0.131 e. The molecule has 3 heterocycles. The second-order valence-electron chi connectivity index (χ2n) is 10.3. The second kappa shape index (κ2) is 7.68. The average Bonchev–Trinajstić information content (AvgIpc) is 2.83. The average molecular weight is 442 g/mol. The quantitative estimate of drug-likeness (QED) is 0.410. The maximum atomic E-state index is 12.0. The van der Waals surface area contributed by atoms with Crippen LogP contribution in [0.3, 0.4) is 0 Å². The third kappa shape index (κ3) is 2.87. The fourth-order valence-electron chi connectivity index (χ4n) is 7.68. The summed E-state index contributed by atoms with van der Waals surface area (Å²) in [5, 5.41) is 13.0. The van der Waals surface area contributed by atoms with Crippen molar-refractivity contribution in [2.75, 3.05) is 13.7 Å². The highest BCUT2D eigenvalue weighted by Crippen LogP contribution is 2.67. The number of piperidine rings is 1. The van der Waals surface area contributed by atoms with E-state index in [0.717, 1.165) is 46.2 Å². The topological polar surface area (TPSA) is 42.4 Å². The van der Waals surface area contributed by atoms with E-state index in [4.69, 9.17) is 4.74 Å². The van der Waals surface area contributed by atoms with Crippen molar-refractivity contribution >= 4 is 10.9 Å². The predicted octanol–water partition coefficient (Wildman–Crippen LogP) is 5.42. The molecule has 3 aromatic rings. The smallest absolute Gasteiger partial charge is 0.131 e. The summed E-state index contributed by atoms with van der Waals surface area (Å²) in [7, 11) is 1.69. The van der Waals surface area contributed by atoms with Crippen molar-refractivity contribution in [1.82, 2.24) is 4.98 Å². The molecule has 0 radical (unpaired) electrons. The number of ether oxygens (including phenoxy) is 1. The number of benzene rings is 2. The molecule has 2 aliphatic heterocycles. The Hall–Kier alpha value is -2.69. The lowest BCUT2D eigenvalue weighted by atomic mass is 9.47. The number of aliphatic hydroxyl groups excluding tert-OH is 1. The Morgan fingerprint density at radius 2 is 2.06 bits per heavy atom. The Balaban J connectivity index is 1.44. The van der Waals surface area contributed by atoms with E-state index in [1.165, 1.54) is 24.8 Å². The van der Waals surface area contributed by atoms with E-state index in [2.05, 4.69) is 48.0 Å². The third-order valence-electron chi connectivity index (χ3n) is 9.31. The Bertz CT molecular complexity index is 1190. The molecule has 1 saturated carbocycles. The monoisotopic (exact) mass is 441 g/mol. The number of nitrogens with zero attached hydrogens (tertiary/aromatic N) is 2. The number of aromatic nitrogens is 1. The minimum atomic E-state index is -0.535. The van der Waals surface area contributed by atoms with Crippen LogP contribution in [0.4, 0.5) is 0 Å². The van der Waals surface area contributed by atoms with Crippen LogP contribution in [0.2, 0.25) is 0 Å². The molecule has 170 valence electrons. The van der Waals surface area contributed by atoms with Crippen LogP contribution in [0.25, 0.3) is 10.9 Å². The lowest BCUT2D eigenvalue weighted by molar-refractivity contribution is -1.07. The SMILES string of the molecule is C=CC1CC23CC[N+]2(Cc2ccccc2)C([C@H](O)c2ccnc4ccc(OC)cc24)CCC13. The van der Waals surface area contributed by atoms with Gasteiger partial charge < -0.3 is 14.3 Å². The van der Waals surface area contributed by atoms with E-state index >= 15 is 0 Å². The first-order valence-corrected chi connectivity index (χ1v) is 12.3. The Kier molecular flexibility index (Phi) is 4.86. The number of hydrogen-bond donors (Lipinski definition) is 1. The molecule has 3 aliphatic rings. The summed E-state index contributed by atoms with van der Waals surface area (Å²) in [6, 6.07) is 19.0. The molecule has 1 spiro atoms. The van der Waals surface area contributed by atoms with Crippen molar-refractivity contribution in [3.63, 3.8) is 0 Å². The molecule has 1 N–H and O–H groups in total. The number of allylic oxidation sites excluding steroid dienone is 1. The Morgan fingerprint density at radius 3 is 2.79 bits per heavy atom. The highest BCUT2D eigenvalue weighted by atomic mass is 16.5. The van der Waals surface area contributed by atoms with Crippen LogP contribution in [0, 0.1) is 11.8 Å². The van der Waals surface area contributed by atoms with Crippen LogP contribution >= 0.6 is 0 Å². The van der Waals surface area contributed by atoms with Gasteiger partial charge in [0.25, 0.3) is 0 Å². The van der Waals surface area contributed by atoms with E-state index < -0.39 is 6.10 Å². The molecule has 6 atom stereocenters. The van der Waals surface area contributed by atoms with Gasteiger partial charge in [0, 0.05) is 35.9 Å². The molecule has 1 aliphatic carbocycles. The summed E-state index contributed by atoms with van der Waals surface area (Å²) in [6.07, 6.45) is 8.18. The molecule has 33 heavy (non-hydrogen) atoms. The largest absolute Gasteiger partial charge is 0.497 e. The van der Waals surface area contributed by atoms with Gasteiger partial charge in [0.05, 0.1) is 25.6 Å². The van der Waals surface area contributed by atoms with E-state index in [1.807, 2.05) is 30.5 Å². The number of aliphatic hydroxyl groups is 1. The summed E-state index contributed by atoms with van der Waals surface area (Å²) < 4.78 is 6.51. The van der Waals surface area contributed by atoms with E-state index in [0.29, 0.717) is 17.4 Å². The summed E-state index contributed by atoms with van der Waals surface area (Å²) >= 11 is 0. The summed E-state index contributed by atoms with van der Waals surface area (Å²) in [5.74, 6) is 2.13. The van der Waals surface area contributed by atoms with Crippen LogP contribution in [-0.4, -0.2) is 39.8 Å². The van der Waals surface area contributed by atoms with Gasteiger partial charge in [-0.05, 0) is 42.2 Å². The number of methoxy groups -OCH3 is 1. The van der Waals surface area contributed by atoms with Crippen molar-refractivity contribution < 1.29 is 14.3 Å². The van der Waals surface area contributed by atoms with Crippen LogP contribution in [0.5, 0.6) is 5.75 Å². The van der Waals surface area contributed by atoms with Crippen molar-refractivity contribution in [2.45, 2.75) is 49.9 Å². The molecule has 3 fully saturated rings. The summed E-state index contributed by atoms with van der Waals surface area (Å²) in [5.41, 5.74) is 3.55. The molecule has 4 nitrogen and oxygen atoms in total. The summed E-state index contributed by atoms with van der Waals surface area (Å²) in [4.78, 5) is 4.55. The first-order chi connectivity index (χ1) is 16.1. The zero-order valence-corrected chi connectivity index (χ0v) is 19.4. The first kappa shape index (κ1) is 20.9. The molecular formula is C29H33N2O2+. The van der Waals surface area contributed by atoms with Crippen molar-refractivity contribution in [3.8, 4) is 5.75 Å². The fourth-order valence-corrected chi connectivity index (χ4v) is 7.68. The number of hydrogen-bond acceptors (Lipinski definition) is 3. The minimum Gasteiger partial charge on any atom is -0.497 e. The van der Waals surface area contributed by atoms with Gasteiger partial charge in [-0.2, -0.15) is 0 Å². The predicted molar refractivity (Wildman–Crippen MR) is 131 cm³/mol. The Morgan fingerprint density at radius 1 is 1.21 bits per heavy atom. The maximum absolute atomic E-state index is 12.0. The number of fused-ring (bicyclic) bond motifs is 1.